The molecule has 0 saturated carbocycles. The minimum absolute atomic E-state index is 0.0604. The first-order valence-electron chi connectivity index (χ1n) is 8.67. The zero-order chi connectivity index (χ0) is 20.1. The van der Waals surface area contributed by atoms with Crippen LogP contribution in [0.4, 0.5) is 10.1 Å². The average Bonchev–Trinajstić information content (AvgIpc) is 2.51. The molecule has 1 amide bonds. The predicted molar refractivity (Wildman–Crippen MR) is 105 cm³/mol. The van der Waals surface area contributed by atoms with Gasteiger partial charge in [-0.1, -0.05) is 25.4 Å². The van der Waals surface area contributed by atoms with Crippen LogP contribution in [0.3, 0.4) is 0 Å². The molecule has 0 saturated heterocycles. The fraction of sp³-hybridized carbons (Fsp3) is 0.579. The van der Waals surface area contributed by atoms with Crippen LogP contribution < -0.4 is 5.32 Å². The molecule has 0 fully saturated rings. The molecule has 0 spiro atoms. The molecule has 0 aliphatic carbocycles. The Hall–Kier alpha value is -1.27. The molecule has 1 atom stereocenters. The molecule has 1 aromatic carbocycles. The Labute approximate surface area is 164 Å². The van der Waals surface area contributed by atoms with Gasteiger partial charge in [-0.2, -0.15) is 0 Å². The van der Waals surface area contributed by atoms with Gasteiger partial charge in [-0.05, 0) is 52.7 Å². The number of esters is 1. The van der Waals surface area contributed by atoms with Gasteiger partial charge in [0, 0.05) is 10.8 Å². The third kappa shape index (κ3) is 6.80. The van der Waals surface area contributed by atoms with Crippen molar-refractivity contribution in [3.8, 4) is 0 Å². The van der Waals surface area contributed by atoms with Crippen molar-refractivity contribution in [1.29, 1.82) is 0 Å². The van der Waals surface area contributed by atoms with E-state index in [1.807, 2.05) is 13.8 Å². The van der Waals surface area contributed by atoms with Crippen LogP contribution >= 0.6 is 23.4 Å². The van der Waals surface area contributed by atoms with E-state index in [4.69, 9.17) is 16.3 Å². The van der Waals surface area contributed by atoms with Gasteiger partial charge in [0.05, 0.1) is 10.7 Å². The SMILES string of the molecule is CCC(CC)C(=O)Nc1cc(SC(C)C(=O)OC(C)(C)C)c(Cl)cc1F. The van der Waals surface area contributed by atoms with Crippen LogP contribution in [0.2, 0.25) is 5.02 Å². The highest BCUT2D eigenvalue weighted by molar-refractivity contribution is 8.00. The van der Waals surface area contributed by atoms with E-state index in [2.05, 4.69) is 5.32 Å². The number of anilines is 1. The first kappa shape index (κ1) is 22.8. The first-order valence-corrected chi connectivity index (χ1v) is 9.93. The summed E-state index contributed by atoms with van der Waals surface area (Å²) >= 11 is 7.28. The quantitative estimate of drug-likeness (QED) is 0.470. The standard InChI is InChI=1S/C19H27ClFNO3S/c1-7-12(8-2)17(23)22-15-10-16(13(20)9-14(15)21)26-11(3)18(24)25-19(4,5)6/h9-12H,7-8H2,1-6H3,(H,22,23). The minimum atomic E-state index is -0.608. The Kier molecular flexibility index (Phi) is 8.41. The molecule has 1 unspecified atom stereocenters. The lowest BCUT2D eigenvalue weighted by molar-refractivity contribution is -0.153. The Bertz CT molecular complexity index is 657. The fourth-order valence-electron chi connectivity index (χ4n) is 2.23. The van der Waals surface area contributed by atoms with Crippen molar-refractivity contribution in [2.45, 2.75) is 70.1 Å². The van der Waals surface area contributed by atoms with E-state index in [0.717, 1.165) is 17.8 Å². The lowest BCUT2D eigenvalue weighted by Crippen LogP contribution is -2.28. The maximum absolute atomic E-state index is 14.2. The monoisotopic (exact) mass is 403 g/mol. The highest BCUT2D eigenvalue weighted by Gasteiger charge is 2.24. The molecule has 0 heterocycles. The number of rotatable bonds is 7. The molecular weight excluding hydrogens is 377 g/mol. The van der Waals surface area contributed by atoms with Crippen LogP contribution in [0.15, 0.2) is 17.0 Å². The van der Waals surface area contributed by atoms with Crippen LogP contribution in [0.1, 0.15) is 54.4 Å². The highest BCUT2D eigenvalue weighted by Crippen LogP contribution is 2.35. The van der Waals surface area contributed by atoms with Gasteiger partial charge in [0.1, 0.15) is 16.7 Å². The summed E-state index contributed by atoms with van der Waals surface area (Å²) in [5.74, 6) is -1.40. The average molecular weight is 404 g/mol. The van der Waals surface area contributed by atoms with E-state index in [9.17, 15) is 14.0 Å². The third-order valence-electron chi connectivity index (χ3n) is 3.68. The van der Waals surface area contributed by atoms with Gasteiger partial charge in [-0.25, -0.2) is 4.39 Å². The summed E-state index contributed by atoms with van der Waals surface area (Å²) < 4.78 is 19.5. The van der Waals surface area contributed by atoms with Gasteiger partial charge < -0.3 is 10.1 Å². The number of nitrogens with one attached hydrogen (secondary N) is 1. The largest absolute Gasteiger partial charge is 0.459 e. The van der Waals surface area contributed by atoms with Crippen molar-refractivity contribution in [2.24, 2.45) is 5.92 Å². The number of ether oxygens (including phenoxy) is 1. The van der Waals surface area contributed by atoms with Crippen LogP contribution in [-0.4, -0.2) is 22.7 Å². The molecule has 4 nitrogen and oxygen atoms in total. The summed E-state index contributed by atoms with van der Waals surface area (Å²) in [5.41, 5.74) is -0.530. The van der Waals surface area contributed by atoms with Crippen LogP contribution in [-0.2, 0) is 14.3 Å². The third-order valence-corrected chi connectivity index (χ3v) is 5.24. The number of amides is 1. The lowest BCUT2D eigenvalue weighted by Gasteiger charge is -2.22. The normalized spacial score (nSPS) is 12.8. The van der Waals surface area contributed by atoms with Crippen molar-refractivity contribution < 1.29 is 18.7 Å². The molecule has 1 N–H and O–H groups in total. The maximum Gasteiger partial charge on any atom is 0.319 e. The molecule has 0 aliphatic heterocycles. The summed E-state index contributed by atoms with van der Waals surface area (Å²) in [7, 11) is 0. The Morgan fingerprint density at radius 3 is 2.35 bits per heavy atom. The predicted octanol–water partition coefficient (Wildman–Crippen LogP) is 5.68. The van der Waals surface area contributed by atoms with Crippen molar-refractivity contribution in [3.63, 3.8) is 0 Å². The van der Waals surface area contributed by atoms with Crippen molar-refractivity contribution >= 4 is 40.9 Å². The minimum Gasteiger partial charge on any atom is -0.459 e. The zero-order valence-electron chi connectivity index (χ0n) is 16.1. The molecule has 0 aromatic heterocycles. The number of hydrogen-bond donors (Lipinski definition) is 1. The summed E-state index contributed by atoms with van der Waals surface area (Å²) in [6, 6.07) is 2.61. The molecule has 146 valence electrons. The van der Waals surface area contributed by atoms with E-state index in [0.29, 0.717) is 17.7 Å². The van der Waals surface area contributed by atoms with E-state index < -0.39 is 16.7 Å². The van der Waals surface area contributed by atoms with Crippen molar-refractivity contribution in [1.82, 2.24) is 0 Å². The smallest absolute Gasteiger partial charge is 0.319 e. The second kappa shape index (κ2) is 9.60. The van der Waals surface area contributed by atoms with Gasteiger partial charge >= 0.3 is 5.97 Å². The van der Waals surface area contributed by atoms with Crippen LogP contribution in [0.25, 0.3) is 0 Å². The Balaban J connectivity index is 2.96. The van der Waals surface area contributed by atoms with E-state index >= 15 is 0 Å². The summed E-state index contributed by atoms with van der Waals surface area (Å²) in [5, 5.41) is 2.27. The molecule has 0 aliphatic rings. The molecular formula is C19H27ClFNO3S. The van der Waals surface area contributed by atoms with Crippen LogP contribution in [0, 0.1) is 11.7 Å². The Morgan fingerprint density at radius 2 is 1.85 bits per heavy atom. The van der Waals surface area contributed by atoms with E-state index in [1.165, 1.54) is 6.07 Å². The molecule has 0 bridgehead atoms. The van der Waals surface area contributed by atoms with Gasteiger partial charge in [0.25, 0.3) is 0 Å². The summed E-state index contributed by atoms with van der Waals surface area (Å²) in [6.07, 6.45) is 1.35. The first-order chi connectivity index (χ1) is 12.0. The Morgan fingerprint density at radius 1 is 1.27 bits per heavy atom. The van der Waals surface area contributed by atoms with Gasteiger partial charge in [0.2, 0.25) is 5.91 Å². The van der Waals surface area contributed by atoms with Crippen LogP contribution in [0.5, 0.6) is 0 Å². The molecule has 26 heavy (non-hydrogen) atoms. The number of carbonyl (C=O) groups excluding carboxylic acids is 2. The maximum atomic E-state index is 14.2. The summed E-state index contributed by atoms with van der Waals surface area (Å²) in [4.78, 5) is 24.9. The van der Waals surface area contributed by atoms with E-state index in [1.54, 1.807) is 27.7 Å². The highest BCUT2D eigenvalue weighted by atomic mass is 35.5. The lowest BCUT2D eigenvalue weighted by atomic mass is 10.0. The van der Waals surface area contributed by atoms with Crippen molar-refractivity contribution in [2.75, 3.05) is 5.32 Å². The zero-order valence-corrected chi connectivity index (χ0v) is 17.7. The molecule has 0 radical (unpaired) electrons. The van der Waals surface area contributed by atoms with E-state index in [-0.39, 0.29) is 28.5 Å². The fourth-order valence-corrected chi connectivity index (χ4v) is 3.40. The second-order valence-corrected chi connectivity index (χ2v) is 8.85. The molecule has 1 rings (SSSR count). The van der Waals surface area contributed by atoms with Gasteiger partial charge in [-0.3, -0.25) is 9.59 Å². The van der Waals surface area contributed by atoms with Crippen molar-refractivity contribution in [3.05, 3.63) is 23.0 Å². The summed E-state index contributed by atoms with van der Waals surface area (Å²) in [6.45, 7) is 10.9. The van der Waals surface area contributed by atoms with Gasteiger partial charge in [0.15, 0.2) is 0 Å². The number of halogens is 2. The molecule has 7 heteroatoms. The number of hydrogen-bond acceptors (Lipinski definition) is 4. The number of thioether (sulfide) groups is 1. The number of benzene rings is 1. The number of carbonyl (C=O) groups is 2. The molecule has 1 aromatic rings. The topological polar surface area (TPSA) is 55.4 Å². The van der Waals surface area contributed by atoms with Gasteiger partial charge in [-0.15, -0.1) is 11.8 Å². The second-order valence-electron chi connectivity index (χ2n) is 7.06.